The van der Waals surface area contributed by atoms with Crippen molar-refractivity contribution < 1.29 is 19.1 Å². The normalized spacial score (nSPS) is 12.0. The third-order valence-corrected chi connectivity index (χ3v) is 6.01. The first-order valence-electron chi connectivity index (χ1n) is 12.5. The van der Waals surface area contributed by atoms with Gasteiger partial charge in [0, 0.05) is 27.9 Å². The molecule has 0 fully saturated rings. The Labute approximate surface area is 233 Å². The number of carbonyl (C=O) groups is 2. The topological polar surface area (TPSA) is 110 Å². The molecule has 0 bridgehead atoms. The maximum Gasteiger partial charge on any atom is 0.338 e. The van der Waals surface area contributed by atoms with Crippen molar-refractivity contribution >= 4 is 29.2 Å². The highest BCUT2D eigenvalue weighted by Gasteiger charge is 2.25. The van der Waals surface area contributed by atoms with Gasteiger partial charge in [-0.25, -0.2) is 4.79 Å². The molecule has 3 rings (SSSR count). The summed E-state index contributed by atoms with van der Waals surface area (Å²) in [4.78, 5) is 39.1. The molecule has 1 heterocycles. The quantitative estimate of drug-likeness (QED) is 0.333. The predicted octanol–water partition coefficient (Wildman–Crippen LogP) is 6.23. The lowest BCUT2D eigenvalue weighted by molar-refractivity contribution is -0.119. The number of hydrogen-bond acceptors (Lipinski definition) is 6. The van der Waals surface area contributed by atoms with E-state index >= 15 is 0 Å². The summed E-state index contributed by atoms with van der Waals surface area (Å²) >= 11 is 6.16. The van der Waals surface area contributed by atoms with Crippen LogP contribution in [0.5, 0.6) is 5.75 Å². The second kappa shape index (κ2) is 12.2. The molecule has 3 aromatic rings. The van der Waals surface area contributed by atoms with E-state index in [2.05, 4.69) is 11.4 Å². The van der Waals surface area contributed by atoms with Crippen molar-refractivity contribution in [3.63, 3.8) is 0 Å². The second-order valence-electron chi connectivity index (χ2n) is 10.5. The number of esters is 1. The molecule has 0 aliphatic carbocycles. The molecule has 1 amide bonds. The molecule has 1 aromatic heterocycles. The predicted molar refractivity (Wildman–Crippen MR) is 151 cm³/mol. The lowest BCUT2D eigenvalue weighted by Gasteiger charge is -2.23. The summed E-state index contributed by atoms with van der Waals surface area (Å²) in [5.74, 6) is -0.454. The van der Waals surface area contributed by atoms with Gasteiger partial charge in [0.1, 0.15) is 17.4 Å². The molecular weight excluding hydrogens is 518 g/mol. The lowest BCUT2D eigenvalue weighted by atomic mass is 9.99. The maximum absolute atomic E-state index is 13.4. The molecule has 0 aliphatic rings. The molecule has 0 spiro atoms. The molecule has 2 aromatic carbocycles. The van der Waals surface area contributed by atoms with Crippen molar-refractivity contribution in [2.45, 2.75) is 52.7 Å². The van der Waals surface area contributed by atoms with Crippen LogP contribution < -0.4 is 15.6 Å². The lowest BCUT2D eigenvalue weighted by Crippen LogP contribution is -2.34. The van der Waals surface area contributed by atoms with Crippen LogP contribution in [0.25, 0.3) is 11.1 Å². The zero-order chi connectivity index (χ0) is 28.9. The molecular formula is C30H32ClN3O5. The number of rotatable bonds is 8. The van der Waals surface area contributed by atoms with Crippen molar-refractivity contribution in [3.05, 3.63) is 81.2 Å². The minimum atomic E-state index is -0.846. The first-order valence-corrected chi connectivity index (χ1v) is 12.8. The van der Waals surface area contributed by atoms with Gasteiger partial charge in [0.2, 0.25) is 5.91 Å². The highest BCUT2D eigenvalue weighted by Crippen LogP contribution is 2.34. The Morgan fingerprint density at radius 3 is 2.31 bits per heavy atom. The summed E-state index contributed by atoms with van der Waals surface area (Å²) in [6.45, 7) is 9.27. The Morgan fingerprint density at radius 1 is 1.08 bits per heavy atom. The number of anilines is 1. The van der Waals surface area contributed by atoms with Crippen molar-refractivity contribution in [3.8, 4) is 22.9 Å². The highest BCUT2D eigenvalue weighted by molar-refractivity contribution is 6.31. The van der Waals surface area contributed by atoms with E-state index in [1.807, 2.05) is 13.8 Å². The number of nitriles is 1. The molecule has 1 unspecified atom stereocenters. The minimum Gasteiger partial charge on any atom is -0.495 e. The van der Waals surface area contributed by atoms with Crippen molar-refractivity contribution in [1.29, 1.82) is 5.26 Å². The average Bonchev–Trinajstić information content (AvgIpc) is 2.86. The van der Waals surface area contributed by atoms with Gasteiger partial charge in [0.05, 0.1) is 30.5 Å². The number of aromatic nitrogens is 1. The van der Waals surface area contributed by atoms with E-state index in [-0.39, 0.29) is 5.92 Å². The van der Waals surface area contributed by atoms with Gasteiger partial charge in [-0.3, -0.25) is 14.2 Å². The summed E-state index contributed by atoms with van der Waals surface area (Å²) in [7, 11) is 1.45. The molecule has 0 radical (unpaired) electrons. The molecule has 39 heavy (non-hydrogen) atoms. The zero-order valence-corrected chi connectivity index (χ0v) is 23.6. The van der Waals surface area contributed by atoms with Gasteiger partial charge < -0.3 is 14.8 Å². The Balaban J connectivity index is 1.95. The third-order valence-electron chi connectivity index (χ3n) is 5.78. The van der Waals surface area contributed by atoms with Crippen LogP contribution in [0.3, 0.4) is 0 Å². The van der Waals surface area contributed by atoms with Gasteiger partial charge in [-0.05, 0) is 75.6 Å². The molecule has 0 aliphatic heterocycles. The number of methoxy groups -OCH3 is 1. The standard InChI is InChI=1S/C30H32ClN3O5/c1-18(2)13-25(28(36)33-22-11-8-19(9-12-22)29(37)39-30(3,4)5)34-17-26(38-6)24(15-27(34)35)23-14-21(31)10-7-20(23)16-32/h7-12,14-15,17-18,25H,13H2,1-6H3,(H,33,36). The van der Waals surface area contributed by atoms with Gasteiger partial charge in [0.25, 0.3) is 5.56 Å². The first-order chi connectivity index (χ1) is 18.3. The third kappa shape index (κ3) is 7.49. The Bertz CT molecular complexity index is 1460. The summed E-state index contributed by atoms with van der Waals surface area (Å²) in [6.07, 6.45) is 1.86. The van der Waals surface area contributed by atoms with Crippen LogP contribution in [0.1, 0.15) is 63.0 Å². The molecule has 9 heteroatoms. The number of halogens is 1. The van der Waals surface area contributed by atoms with Crippen LogP contribution in [0, 0.1) is 17.2 Å². The van der Waals surface area contributed by atoms with Crippen LogP contribution in [0.15, 0.2) is 59.5 Å². The Hall–Kier alpha value is -4.09. The van der Waals surface area contributed by atoms with Crippen molar-refractivity contribution in [2.24, 2.45) is 5.92 Å². The fourth-order valence-corrected chi connectivity index (χ4v) is 4.20. The van der Waals surface area contributed by atoms with Gasteiger partial charge in [-0.1, -0.05) is 25.4 Å². The fourth-order valence-electron chi connectivity index (χ4n) is 4.03. The van der Waals surface area contributed by atoms with Crippen LogP contribution in [-0.4, -0.2) is 29.2 Å². The number of carbonyl (C=O) groups excluding carboxylic acids is 2. The molecule has 8 nitrogen and oxygen atoms in total. The second-order valence-corrected chi connectivity index (χ2v) is 11.0. The number of ether oxygens (including phenoxy) is 2. The van der Waals surface area contributed by atoms with E-state index in [1.165, 1.54) is 23.9 Å². The van der Waals surface area contributed by atoms with Crippen molar-refractivity contribution in [2.75, 3.05) is 12.4 Å². The maximum atomic E-state index is 13.4. The first kappa shape index (κ1) is 29.5. The summed E-state index contributed by atoms with van der Waals surface area (Å²) < 4.78 is 12.3. The summed E-state index contributed by atoms with van der Waals surface area (Å²) in [5.41, 5.74) is 0.962. The molecule has 0 saturated carbocycles. The monoisotopic (exact) mass is 549 g/mol. The summed E-state index contributed by atoms with van der Waals surface area (Å²) in [6, 6.07) is 13.7. The largest absolute Gasteiger partial charge is 0.495 e. The number of hydrogen-bond donors (Lipinski definition) is 1. The van der Waals surface area contributed by atoms with Gasteiger partial charge in [0.15, 0.2) is 0 Å². The van der Waals surface area contributed by atoms with E-state index in [1.54, 1.807) is 63.2 Å². The van der Waals surface area contributed by atoms with E-state index in [0.717, 1.165) is 0 Å². The van der Waals surface area contributed by atoms with E-state index in [9.17, 15) is 19.6 Å². The number of nitrogens with zero attached hydrogens (tertiary/aromatic N) is 2. The van der Waals surface area contributed by atoms with Crippen LogP contribution >= 0.6 is 11.6 Å². The van der Waals surface area contributed by atoms with E-state index in [4.69, 9.17) is 21.1 Å². The number of benzene rings is 2. The minimum absolute atomic E-state index is 0.0889. The van der Waals surface area contributed by atoms with Gasteiger partial charge >= 0.3 is 5.97 Å². The van der Waals surface area contributed by atoms with Gasteiger partial charge in [-0.2, -0.15) is 5.26 Å². The van der Waals surface area contributed by atoms with E-state index in [0.29, 0.717) is 45.1 Å². The number of amides is 1. The number of pyridine rings is 1. The molecule has 1 atom stereocenters. The molecule has 204 valence electrons. The van der Waals surface area contributed by atoms with Gasteiger partial charge in [-0.15, -0.1) is 0 Å². The fraction of sp³-hybridized carbons (Fsp3) is 0.333. The van der Waals surface area contributed by atoms with Crippen LogP contribution in [0.4, 0.5) is 5.69 Å². The zero-order valence-electron chi connectivity index (χ0n) is 22.9. The van der Waals surface area contributed by atoms with Crippen LogP contribution in [-0.2, 0) is 9.53 Å². The smallest absolute Gasteiger partial charge is 0.338 e. The highest BCUT2D eigenvalue weighted by atomic mass is 35.5. The average molecular weight is 550 g/mol. The SMILES string of the molecule is COc1cn(C(CC(C)C)C(=O)Nc2ccc(C(=O)OC(C)(C)C)cc2)c(=O)cc1-c1cc(Cl)ccc1C#N. The Kier molecular flexibility index (Phi) is 9.20. The Morgan fingerprint density at radius 2 is 1.74 bits per heavy atom. The van der Waals surface area contributed by atoms with E-state index < -0.39 is 29.1 Å². The van der Waals surface area contributed by atoms with Crippen LogP contribution in [0.2, 0.25) is 5.02 Å². The summed E-state index contributed by atoms with van der Waals surface area (Å²) in [5, 5.41) is 12.8. The molecule has 1 N–H and O–H groups in total. The number of nitrogens with one attached hydrogen (secondary N) is 1. The van der Waals surface area contributed by atoms with Crippen molar-refractivity contribution in [1.82, 2.24) is 4.57 Å². The molecule has 0 saturated heterocycles.